The number of rotatable bonds is 1. The Morgan fingerprint density at radius 3 is 2.00 bits per heavy atom. The summed E-state index contributed by atoms with van der Waals surface area (Å²) in [5.41, 5.74) is -2.16. The first-order valence-corrected chi connectivity index (χ1v) is 7.62. The zero-order valence-electron chi connectivity index (χ0n) is 13.7. The van der Waals surface area contributed by atoms with Crippen LogP contribution in [0.1, 0.15) is 39.4 Å². The Bertz CT molecular complexity index is 1050. The van der Waals surface area contributed by atoms with E-state index in [-0.39, 0.29) is 28.0 Å². The molecule has 3 rings (SSSR count). The van der Waals surface area contributed by atoms with Crippen LogP contribution in [0, 0.1) is 22.9 Å². The van der Waals surface area contributed by atoms with Gasteiger partial charge in [0.05, 0.1) is 22.9 Å². The number of alkyl halides is 6. The number of nitrogens with one attached hydrogen (secondary N) is 1. The Morgan fingerprint density at radius 1 is 0.821 bits per heavy atom. The molecule has 142 valence electrons. The van der Waals surface area contributed by atoms with E-state index < -0.39 is 29.5 Å². The van der Waals surface area contributed by atoms with E-state index in [2.05, 4.69) is 10.3 Å². The summed E-state index contributed by atoms with van der Waals surface area (Å²) in [7, 11) is 0. The molecule has 0 heterocycles. The van der Waals surface area contributed by atoms with Crippen molar-refractivity contribution in [1.82, 2.24) is 5.32 Å². The highest BCUT2D eigenvalue weighted by Gasteiger charge is 2.37. The lowest BCUT2D eigenvalue weighted by Gasteiger charge is -2.29. The summed E-state index contributed by atoms with van der Waals surface area (Å²) < 4.78 is 78.6. The van der Waals surface area contributed by atoms with Crippen molar-refractivity contribution in [2.75, 3.05) is 0 Å². The molecule has 0 aliphatic heterocycles. The average Bonchev–Trinajstić information content (AvgIpc) is 2.62. The number of hydrogen-bond donors (Lipinski definition) is 1. The van der Waals surface area contributed by atoms with Gasteiger partial charge >= 0.3 is 12.4 Å². The van der Waals surface area contributed by atoms with E-state index in [0.29, 0.717) is 0 Å². The molecule has 0 fully saturated rings. The fraction of sp³-hybridized carbons (Fsp3) is 0.167. The molecule has 0 saturated carbocycles. The Labute approximate surface area is 154 Å². The molecule has 0 amide bonds. The summed E-state index contributed by atoms with van der Waals surface area (Å²) in [6.07, 6.45) is -6.26. The third kappa shape index (κ3) is 3.25. The van der Waals surface area contributed by atoms with Crippen molar-refractivity contribution >= 4 is 5.71 Å². The van der Waals surface area contributed by atoms with Crippen LogP contribution in [0.25, 0.3) is 0 Å². The lowest BCUT2D eigenvalue weighted by Crippen LogP contribution is -2.28. The van der Waals surface area contributed by atoms with E-state index in [9.17, 15) is 26.3 Å². The summed E-state index contributed by atoms with van der Waals surface area (Å²) in [6, 6.07) is 4.02. The maximum atomic E-state index is 13.1. The molecule has 10 heteroatoms. The predicted molar refractivity (Wildman–Crippen MR) is 84.7 cm³/mol. The minimum absolute atomic E-state index is 0.0161. The summed E-state index contributed by atoms with van der Waals surface area (Å²) in [5.74, 6) is 0. The van der Waals surface area contributed by atoms with Crippen molar-refractivity contribution in [3.8, 4) is 12.4 Å². The molecule has 1 atom stereocenters. The molecule has 0 radical (unpaired) electrons. The maximum absolute atomic E-state index is 13.1. The third-order valence-corrected chi connectivity index (χ3v) is 4.26. The minimum atomic E-state index is -4.68. The van der Waals surface area contributed by atoms with Crippen LogP contribution in [0.4, 0.5) is 26.3 Å². The molecule has 1 unspecified atom stereocenters. The van der Waals surface area contributed by atoms with E-state index in [1.54, 1.807) is 6.19 Å². The van der Waals surface area contributed by atoms with Crippen LogP contribution in [-0.4, -0.2) is 5.71 Å². The smallest absolute Gasteiger partial charge is 0.312 e. The molecule has 2 aromatic rings. The molecule has 2 aromatic carbocycles. The number of nitriles is 2. The number of hydrogen-bond acceptors (Lipinski definition) is 4. The van der Waals surface area contributed by atoms with Gasteiger partial charge in [0.2, 0.25) is 6.19 Å². The van der Waals surface area contributed by atoms with Crippen molar-refractivity contribution in [1.29, 1.82) is 10.5 Å². The first-order chi connectivity index (χ1) is 13.1. The van der Waals surface area contributed by atoms with Crippen LogP contribution in [0.2, 0.25) is 0 Å². The summed E-state index contributed by atoms with van der Waals surface area (Å²) in [5, 5.41) is 20.3. The second-order valence-electron chi connectivity index (χ2n) is 5.85. The SMILES string of the molecule is N#CN=C1c2cc(C(F)(F)F)ccc2C(NC#N)c2cc(C(F)(F)F)ccc21. The maximum Gasteiger partial charge on any atom is 0.416 e. The number of benzene rings is 2. The highest BCUT2D eigenvalue weighted by atomic mass is 19.4. The molecule has 4 nitrogen and oxygen atoms in total. The molecular weight excluding hydrogens is 386 g/mol. The van der Waals surface area contributed by atoms with E-state index in [1.807, 2.05) is 0 Å². The highest BCUT2D eigenvalue weighted by molar-refractivity contribution is 6.16. The van der Waals surface area contributed by atoms with Crippen LogP contribution in [0.15, 0.2) is 41.4 Å². The molecule has 1 aliphatic carbocycles. The van der Waals surface area contributed by atoms with Crippen LogP contribution in [0.3, 0.4) is 0 Å². The second-order valence-corrected chi connectivity index (χ2v) is 5.85. The van der Waals surface area contributed by atoms with Crippen LogP contribution >= 0.6 is 0 Å². The fourth-order valence-corrected chi connectivity index (χ4v) is 3.09. The summed E-state index contributed by atoms with van der Waals surface area (Å²) in [6.45, 7) is 0. The number of aliphatic imine (C=N–C) groups is 1. The van der Waals surface area contributed by atoms with E-state index in [1.165, 1.54) is 6.19 Å². The van der Waals surface area contributed by atoms with Gasteiger partial charge in [0, 0.05) is 11.1 Å². The molecule has 28 heavy (non-hydrogen) atoms. The molecule has 1 aliphatic rings. The number of fused-ring (bicyclic) bond motifs is 2. The number of nitrogens with zero attached hydrogens (tertiary/aromatic N) is 3. The van der Waals surface area contributed by atoms with E-state index in [4.69, 9.17) is 10.5 Å². The summed E-state index contributed by atoms with van der Waals surface area (Å²) >= 11 is 0. The van der Waals surface area contributed by atoms with Crippen LogP contribution in [0.5, 0.6) is 0 Å². The van der Waals surface area contributed by atoms with Gasteiger partial charge in [0.15, 0.2) is 6.19 Å². The van der Waals surface area contributed by atoms with Gasteiger partial charge in [-0.1, -0.05) is 12.1 Å². The zero-order chi connectivity index (χ0) is 20.7. The summed E-state index contributed by atoms with van der Waals surface area (Å²) in [4.78, 5) is 3.54. The van der Waals surface area contributed by atoms with Gasteiger partial charge < -0.3 is 5.32 Å². The van der Waals surface area contributed by atoms with Gasteiger partial charge in [-0.05, 0) is 35.4 Å². The van der Waals surface area contributed by atoms with Gasteiger partial charge in [-0.2, -0.15) is 41.9 Å². The highest BCUT2D eigenvalue weighted by Crippen LogP contribution is 2.41. The van der Waals surface area contributed by atoms with E-state index >= 15 is 0 Å². The quantitative estimate of drug-likeness (QED) is 0.439. The lowest BCUT2D eigenvalue weighted by molar-refractivity contribution is -0.138. The van der Waals surface area contributed by atoms with E-state index in [0.717, 1.165) is 36.4 Å². The molecule has 0 saturated heterocycles. The zero-order valence-corrected chi connectivity index (χ0v) is 13.7. The van der Waals surface area contributed by atoms with Gasteiger partial charge in [-0.15, -0.1) is 0 Å². The van der Waals surface area contributed by atoms with Gasteiger partial charge in [-0.25, -0.2) is 0 Å². The second kappa shape index (κ2) is 6.57. The first kappa shape index (κ1) is 19.2. The Balaban J connectivity index is 2.32. The van der Waals surface area contributed by atoms with Gasteiger partial charge in [0.25, 0.3) is 0 Å². The number of halogens is 6. The molecular formula is C18H8F6N4. The third-order valence-electron chi connectivity index (χ3n) is 4.26. The fourth-order valence-electron chi connectivity index (χ4n) is 3.09. The Kier molecular flexibility index (Phi) is 4.51. The predicted octanol–water partition coefficient (Wildman–Crippen LogP) is 4.52. The van der Waals surface area contributed by atoms with Crippen LogP contribution in [-0.2, 0) is 12.4 Å². The van der Waals surface area contributed by atoms with Crippen LogP contribution < -0.4 is 5.32 Å². The van der Waals surface area contributed by atoms with Gasteiger partial charge in [-0.3, -0.25) is 0 Å². The minimum Gasteiger partial charge on any atom is -0.312 e. The van der Waals surface area contributed by atoms with Crippen molar-refractivity contribution in [3.05, 3.63) is 69.8 Å². The van der Waals surface area contributed by atoms with Crippen molar-refractivity contribution in [2.45, 2.75) is 18.4 Å². The molecule has 1 N–H and O–H groups in total. The monoisotopic (exact) mass is 394 g/mol. The van der Waals surface area contributed by atoms with Gasteiger partial charge in [0.1, 0.15) is 0 Å². The van der Waals surface area contributed by atoms with Crippen molar-refractivity contribution in [2.24, 2.45) is 4.99 Å². The first-order valence-electron chi connectivity index (χ1n) is 7.62. The average molecular weight is 394 g/mol. The molecule has 0 spiro atoms. The molecule has 0 bridgehead atoms. The Hall–Kier alpha value is -3.53. The molecule has 0 aromatic heterocycles. The van der Waals surface area contributed by atoms with Crippen molar-refractivity contribution in [3.63, 3.8) is 0 Å². The topological polar surface area (TPSA) is 72.0 Å². The standard InChI is InChI=1S/C18H8F6N4/c19-17(20,21)9-1-3-11-13(5-9)16(28-8-26)12-4-2-10(18(22,23)24)6-14(12)15(11)27-7-25/h1-6,15,27H. The lowest BCUT2D eigenvalue weighted by atomic mass is 9.79. The largest absolute Gasteiger partial charge is 0.416 e. The van der Waals surface area contributed by atoms with Crippen molar-refractivity contribution < 1.29 is 26.3 Å². The Morgan fingerprint density at radius 2 is 1.43 bits per heavy atom. The normalized spacial score (nSPS) is 17.3.